The molecule has 1 amide bonds. The van der Waals surface area contributed by atoms with Crippen LogP contribution in [0.3, 0.4) is 0 Å². The smallest absolute Gasteiger partial charge is 0.241 e. The molecule has 3 rings (SSSR count). The fraction of sp³-hybridized carbons (Fsp3) is 0.350. The van der Waals surface area contributed by atoms with Crippen LogP contribution in [0.5, 0.6) is 0 Å². The van der Waals surface area contributed by atoms with Crippen molar-refractivity contribution in [3.05, 3.63) is 66.0 Å². The van der Waals surface area contributed by atoms with Gasteiger partial charge in [0.15, 0.2) is 0 Å². The standard InChI is InChI=1S/C20H24FN3O3S/c1-16(22-28(26,27)19-9-7-18(21)8-10-19)20(25)24-13-11-23(12-14-24)15-17-5-3-2-4-6-17/h2-10,16,22H,11-15H2,1H3/t16-/m0/s1. The van der Waals surface area contributed by atoms with E-state index in [-0.39, 0.29) is 10.8 Å². The number of carbonyl (C=O) groups is 1. The summed E-state index contributed by atoms with van der Waals surface area (Å²) in [6.07, 6.45) is 0. The lowest BCUT2D eigenvalue weighted by atomic mass is 10.2. The van der Waals surface area contributed by atoms with E-state index in [2.05, 4.69) is 21.8 Å². The molecule has 1 saturated heterocycles. The lowest BCUT2D eigenvalue weighted by Gasteiger charge is -2.36. The number of hydrogen-bond acceptors (Lipinski definition) is 4. The van der Waals surface area contributed by atoms with Gasteiger partial charge in [0.05, 0.1) is 10.9 Å². The minimum Gasteiger partial charge on any atom is -0.339 e. The molecule has 0 unspecified atom stereocenters. The molecule has 0 aromatic heterocycles. The Morgan fingerprint density at radius 1 is 1.04 bits per heavy atom. The van der Waals surface area contributed by atoms with Crippen LogP contribution in [0, 0.1) is 5.82 Å². The zero-order chi connectivity index (χ0) is 20.1. The van der Waals surface area contributed by atoms with Gasteiger partial charge in [-0.1, -0.05) is 30.3 Å². The molecule has 6 nitrogen and oxygen atoms in total. The second-order valence-corrected chi connectivity index (χ2v) is 8.60. The number of benzene rings is 2. The highest BCUT2D eigenvalue weighted by Crippen LogP contribution is 2.12. The molecule has 2 aromatic carbocycles. The number of nitrogens with one attached hydrogen (secondary N) is 1. The number of nitrogens with zero attached hydrogens (tertiary/aromatic N) is 2. The Hall–Kier alpha value is -2.29. The van der Waals surface area contributed by atoms with Crippen molar-refractivity contribution < 1.29 is 17.6 Å². The quantitative estimate of drug-likeness (QED) is 0.796. The summed E-state index contributed by atoms with van der Waals surface area (Å²) < 4.78 is 40.2. The summed E-state index contributed by atoms with van der Waals surface area (Å²) >= 11 is 0. The van der Waals surface area contributed by atoms with Crippen LogP contribution in [0.1, 0.15) is 12.5 Å². The van der Waals surface area contributed by atoms with Crippen LogP contribution in [-0.2, 0) is 21.4 Å². The first-order chi connectivity index (χ1) is 13.3. The fourth-order valence-electron chi connectivity index (χ4n) is 3.21. The van der Waals surface area contributed by atoms with Gasteiger partial charge in [-0.15, -0.1) is 0 Å². The van der Waals surface area contributed by atoms with Crippen molar-refractivity contribution >= 4 is 15.9 Å². The maximum absolute atomic E-state index is 13.0. The SMILES string of the molecule is C[C@H](NS(=O)(=O)c1ccc(F)cc1)C(=O)N1CCN(Cc2ccccc2)CC1. The summed E-state index contributed by atoms with van der Waals surface area (Å²) in [4.78, 5) is 16.5. The molecule has 0 aliphatic carbocycles. The Kier molecular flexibility index (Phi) is 6.43. The summed E-state index contributed by atoms with van der Waals surface area (Å²) in [5, 5.41) is 0. The first kappa shape index (κ1) is 20.4. The molecule has 28 heavy (non-hydrogen) atoms. The van der Waals surface area contributed by atoms with E-state index in [1.54, 1.807) is 4.90 Å². The molecule has 2 aromatic rings. The van der Waals surface area contributed by atoms with Gasteiger partial charge in [-0.05, 0) is 36.8 Å². The van der Waals surface area contributed by atoms with Gasteiger partial charge in [0.25, 0.3) is 0 Å². The molecular weight excluding hydrogens is 381 g/mol. The molecule has 0 bridgehead atoms. The van der Waals surface area contributed by atoms with E-state index in [0.29, 0.717) is 13.1 Å². The molecular formula is C20H24FN3O3S. The van der Waals surface area contributed by atoms with Crippen LogP contribution in [-0.4, -0.2) is 56.3 Å². The number of sulfonamides is 1. The maximum Gasteiger partial charge on any atom is 0.241 e. The number of amides is 1. The zero-order valence-corrected chi connectivity index (χ0v) is 16.5. The summed E-state index contributed by atoms with van der Waals surface area (Å²) in [7, 11) is -3.89. The van der Waals surface area contributed by atoms with Crippen molar-refractivity contribution in [1.29, 1.82) is 0 Å². The van der Waals surface area contributed by atoms with Crippen LogP contribution in [0.2, 0.25) is 0 Å². The highest BCUT2D eigenvalue weighted by Gasteiger charge is 2.28. The van der Waals surface area contributed by atoms with E-state index in [4.69, 9.17) is 0 Å². The molecule has 1 fully saturated rings. The Morgan fingerprint density at radius 2 is 1.64 bits per heavy atom. The van der Waals surface area contributed by atoms with E-state index in [1.807, 2.05) is 18.2 Å². The maximum atomic E-state index is 13.0. The average Bonchev–Trinajstić information content (AvgIpc) is 2.69. The summed E-state index contributed by atoms with van der Waals surface area (Å²) in [6.45, 7) is 4.92. The van der Waals surface area contributed by atoms with Crippen LogP contribution in [0.15, 0.2) is 59.5 Å². The van der Waals surface area contributed by atoms with Gasteiger partial charge in [-0.3, -0.25) is 9.69 Å². The zero-order valence-electron chi connectivity index (χ0n) is 15.7. The van der Waals surface area contributed by atoms with E-state index < -0.39 is 21.9 Å². The molecule has 0 saturated carbocycles. The molecule has 0 spiro atoms. The largest absolute Gasteiger partial charge is 0.339 e. The normalized spacial score (nSPS) is 16.7. The molecule has 1 heterocycles. The van der Waals surface area contributed by atoms with Crippen molar-refractivity contribution in [3.63, 3.8) is 0 Å². The third-order valence-electron chi connectivity index (χ3n) is 4.76. The van der Waals surface area contributed by atoms with E-state index >= 15 is 0 Å². The van der Waals surface area contributed by atoms with Gasteiger partial charge in [-0.25, -0.2) is 12.8 Å². The predicted octanol–water partition coefficient (Wildman–Crippen LogP) is 1.84. The predicted molar refractivity (Wildman–Crippen MR) is 104 cm³/mol. The third kappa shape index (κ3) is 5.15. The van der Waals surface area contributed by atoms with Gasteiger partial charge in [0, 0.05) is 32.7 Å². The van der Waals surface area contributed by atoms with Crippen molar-refractivity contribution in [2.75, 3.05) is 26.2 Å². The molecule has 150 valence electrons. The highest BCUT2D eigenvalue weighted by molar-refractivity contribution is 7.89. The Morgan fingerprint density at radius 3 is 2.25 bits per heavy atom. The molecule has 1 aliphatic rings. The minimum atomic E-state index is -3.89. The monoisotopic (exact) mass is 405 g/mol. The molecule has 0 radical (unpaired) electrons. The Balaban J connectivity index is 1.53. The van der Waals surface area contributed by atoms with Crippen molar-refractivity contribution in [1.82, 2.24) is 14.5 Å². The second-order valence-electron chi connectivity index (χ2n) is 6.88. The third-order valence-corrected chi connectivity index (χ3v) is 6.32. The van der Waals surface area contributed by atoms with Crippen LogP contribution >= 0.6 is 0 Å². The molecule has 8 heteroatoms. The van der Waals surface area contributed by atoms with E-state index in [1.165, 1.54) is 24.6 Å². The van der Waals surface area contributed by atoms with Gasteiger partial charge in [0.1, 0.15) is 5.82 Å². The lowest BCUT2D eigenvalue weighted by molar-refractivity contribution is -0.134. The Bertz CT molecular complexity index is 896. The summed E-state index contributed by atoms with van der Waals surface area (Å²) in [6, 6.07) is 13.8. The Labute approximate surface area is 165 Å². The fourth-order valence-corrected chi connectivity index (χ4v) is 4.40. The van der Waals surface area contributed by atoms with E-state index in [9.17, 15) is 17.6 Å². The molecule has 1 atom stereocenters. The second kappa shape index (κ2) is 8.81. The van der Waals surface area contributed by atoms with Gasteiger partial charge in [0.2, 0.25) is 15.9 Å². The number of carbonyl (C=O) groups excluding carboxylic acids is 1. The lowest BCUT2D eigenvalue weighted by Crippen LogP contribution is -2.53. The van der Waals surface area contributed by atoms with Crippen molar-refractivity contribution in [2.24, 2.45) is 0 Å². The summed E-state index contributed by atoms with van der Waals surface area (Å²) in [5.74, 6) is -0.776. The number of hydrogen-bond donors (Lipinski definition) is 1. The topological polar surface area (TPSA) is 69.7 Å². The average molecular weight is 405 g/mol. The van der Waals surface area contributed by atoms with Gasteiger partial charge in [-0.2, -0.15) is 4.72 Å². The first-order valence-corrected chi connectivity index (χ1v) is 10.7. The number of halogens is 1. The summed E-state index contributed by atoms with van der Waals surface area (Å²) in [5.41, 5.74) is 1.22. The highest BCUT2D eigenvalue weighted by atomic mass is 32.2. The first-order valence-electron chi connectivity index (χ1n) is 9.18. The number of piperazine rings is 1. The number of rotatable bonds is 6. The molecule has 1 aliphatic heterocycles. The van der Waals surface area contributed by atoms with Crippen LogP contribution in [0.25, 0.3) is 0 Å². The molecule has 1 N–H and O–H groups in total. The van der Waals surface area contributed by atoms with Gasteiger partial charge >= 0.3 is 0 Å². The van der Waals surface area contributed by atoms with Gasteiger partial charge < -0.3 is 4.90 Å². The van der Waals surface area contributed by atoms with Crippen molar-refractivity contribution in [2.45, 2.75) is 24.4 Å². The van der Waals surface area contributed by atoms with Crippen molar-refractivity contribution in [3.8, 4) is 0 Å². The minimum absolute atomic E-state index is 0.0683. The van der Waals surface area contributed by atoms with E-state index in [0.717, 1.165) is 31.8 Å². The van der Waals surface area contributed by atoms with Crippen LogP contribution < -0.4 is 4.72 Å². The van der Waals surface area contributed by atoms with Crippen LogP contribution in [0.4, 0.5) is 4.39 Å².